The van der Waals surface area contributed by atoms with Gasteiger partial charge in [0.25, 0.3) is 0 Å². The largest absolute Gasteiger partial charge is 0.339 e. The van der Waals surface area contributed by atoms with Crippen LogP contribution in [0.5, 0.6) is 0 Å². The molecule has 1 heterocycles. The molecule has 0 spiro atoms. The highest BCUT2D eigenvalue weighted by molar-refractivity contribution is 7.89. The molecular formula is C20H25N3O5S2. The zero-order valence-corrected chi connectivity index (χ0v) is 18.6. The Kier molecular flexibility index (Phi) is 6.61. The molecular weight excluding hydrogens is 426 g/mol. The van der Waals surface area contributed by atoms with E-state index in [-0.39, 0.29) is 48.4 Å². The molecule has 30 heavy (non-hydrogen) atoms. The summed E-state index contributed by atoms with van der Waals surface area (Å²) in [4.78, 5) is 14.4. The summed E-state index contributed by atoms with van der Waals surface area (Å²) in [6, 6.07) is 14.6. The number of nitrogens with zero attached hydrogens (tertiary/aromatic N) is 3. The molecule has 0 unspecified atom stereocenters. The molecule has 10 heteroatoms. The fourth-order valence-corrected chi connectivity index (χ4v) is 5.75. The van der Waals surface area contributed by atoms with Crippen LogP contribution in [0.3, 0.4) is 0 Å². The van der Waals surface area contributed by atoms with Crippen molar-refractivity contribution in [1.82, 2.24) is 13.5 Å². The maximum Gasteiger partial charge on any atom is 0.243 e. The van der Waals surface area contributed by atoms with Gasteiger partial charge in [0.1, 0.15) is 0 Å². The Labute approximate surface area is 177 Å². The third-order valence-electron chi connectivity index (χ3n) is 5.06. The molecule has 0 radical (unpaired) electrons. The highest BCUT2D eigenvalue weighted by Crippen LogP contribution is 2.19. The molecule has 162 valence electrons. The molecule has 1 fully saturated rings. The van der Waals surface area contributed by atoms with Gasteiger partial charge in [0.2, 0.25) is 26.0 Å². The lowest BCUT2D eigenvalue weighted by atomic mass is 10.2. The van der Waals surface area contributed by atoms with Crippen molar-refractivity contribution < 1.29 is 21.6 Å². The summed E-state index contributed by atoms with van der Waals surface area (Å²) < 4.78 is 53.1. The zero-order valence-electron chi connectivity index (χ0n) is 16.9. The third-order valence-corrected chi connectivity index (χ3v) is 8.79. The maximum absolute atomic E-state index is 12.8. The molecule has 1 aliphatic rings. The molecule has 0 bridgehead atoms. The van der Waals surface area contributed by atoms with Gasteiger partial charge in [0.05, 0.1) is 16.3 Å². The van der Waals surface area contributed by atoms with E-state index in [1.54, 1.807) is 42.5 Å². The van der Waals surface area contributed by atoms with E-state index in [1.807, 2.05) is 6.92 Å². The van der Waals surface area contributed by atoms with E-state index in [0.717, 1.165) is 9.87 Å². The number of likely N-dealkylation sites (N-methyl/N-ethyl adjacent to an activating group) is 1. The van der Waals surface area contributed by atoms with Gasteiger partial charge >= 0.3 is 0 Å². The number of hydrogen-bond donors (Lipinski definition) is 0. The van der Waals surface area contributed by atoms with Crippen molar-refractivity contribution >= 4 is 26.0 Å². The molecule has 8 nitrogen and oxygen atoms in total. The number of rotatable bonds is 6. The van der Waals surface area contributed by atoms with Crippen molar-refractivity contribution in [2.24, 2.45) is 0 Å². The van der Waals surface area contributed by atoms with E-state index in [2.05, 4.69) is 0 Å². The highest BCUT2D eigenvalue weighted by Gasteiger charge is 2.31. The number of benzene rings is 2. The first-order valence-electron chi connectivity index (χ1n) is 9.48. The Morgan fingerprint density at radius 2 is 1.43 bits per heavy atom. The highest BCUT2D eigenvalue weighted by atomic mass is 32.2. The Balaban J connectivity index is 1.61. The average molecular weight is 452 g/mol. The van der Waals surface area contributed by atoms with Crippen LogP contribution in [-0.4, -0.2) is 76.0 Å². The van der Waals surface area contributed by atoms with Crippen LogP contribution < -0.4 is 0 Å². The Hall–Kier alpha value is -2.27. The minimum absolute atomic E-state index is 0.120. The van der Waals surface area contributed by atoms with Gasteiger partial charge in [0, 0.05) is 33.2 Å². The first-order chi connectivity index (χ1) is 14.1. The van der Waals surface area contributed by atoms with Crippen LogP contribution in [0.2, 0.25) is 0 Å². The van der Waals surface area contributed by atoms with Crippen LogP contribution in [0.15, 0.2) is 64.4 Å². The predicted octanol–water partition coefficient (Wildman–Crippen LogP) is 1.15. The zero-order chi connectivity index (χ0) is 21.9. The number of carbonyl (C=O) groups is 1. The number of aryl methyl sites for hydroxylation is 1. The number of amides is 1. The third kappa shape index (κ3) is 4.72. The van der Waals surface area contributed by atoms with Crippen LogP contribution in [-0.2, 0) is 24.8 Å². The van der Waals surface area contributed by atoms with Gasteiger partial charge in [-0.3, -0.25) is 4.79 Å². The van der Waals surface area contributed by atoms with Crippen LogP contribution >= 0.6 is 0 Å². The molecule has 2 aromatic rings. The minimum Gasteiger partial charge on any atom is -0.339 e. The second-order valence-electron chi connectivity index (χ2n) is 7.17. The van der Waals surface area contributed by atoms with Crippen molar-refractivity contribution in [3.05, 3.63) is 60.2 Å². The SMILES string of the molecule is Cc1ccc(S(=O)(=O)N2CCN(C(=O)CN(C)S(=O)(=O)c3ccccc3)CC2)cc1. The molecule has 0 aliphatic carbocycles. The normalized spacial score (nSPS) is 16.0. The second kappa shape index (κ2) is 8.84. The average Bonchev–Trinajstić information content (AvgIpc) is 2.74. The van der Waals surface area contributed by atoms with Crippen molar-refractivity contribution in [3.63, 3.8) is 0 Å². The van der Waals surface area contributed by atoms with Crippen LogP contribution in [0.4, 0.5) is 0 Å². The Morgan fingerprint density at radius 3 is 2.00 bits per heavy atom. The fraction of sp³-hybridized carbons (Fsp3) is 0.350. The van der Waals surface area contributed by atoms with Gasteiger partial charge in [-0.2, -0.15) is 8.61 Å². The predicted molar refractivity (Wildman–Crippen MR) is 113 cm³/mol. The van der Waals surface area contributed by atoms with Crippen molar-refractivity contribution in [1.29, 1.82) is 0 Å². The summed E-state index contributed by atoms with van der Waals surface area (Å²) in [5, 5.41) is 0. The molecule has 0 atom stereocenters. The summed E-state index contributed by atoms with van der Waals surface area (Å²) >= 11 is 0. The lowest BCUT2D eigenvalue weighted by molar-refractivity contribution is -0.132. The van der Waals surface area contributed by atoms with Gasteiger partial charge in [-0.15, -0.1) is 0 Å². The number of carbonyl (C=O) groups excluding carboxylic acids is 1. The molecule has 3 rings (SSSR count). The van der Waals surface area contributed by atoms with Crippen molar-refractivity contribution in [3.8, 4) is 0 Å². The molecule has 0 saturated carbocycles. The minimum atomic E-state index is -3.77. The van der Waals surface area contributed by atoms with Crippen molar-refractivity contribution in [2.45, 2.75) is 16.7 Å². The quantitative estimate of drug-likeness (QED) is 0.657. The number of hydrogen-bond acceptors (Lipinski definition) is 5. The van der Waals surface area contributed by atoms with E-state index in [1.165, 1.54) is 28.4 Å². The van der Waals surface area contributed by atoms with Crippen LogP contribution in [0.25, 0.3) is 0 Å². The summed E-state index contributed by atoms with van der Waals surface area (Å²) in [7, 11) is -6.03. The summed E-state index contributed by atoms with van der Waals surface area (Å²) in [5.74, 6) is -0.357. The topological polar surface area (TPSA) is 95.1 Å². The monoisotopic (exact) mass is 451 g/mol. The van der Waals surface area contributed by atoms with Gasteiger partial charge in [-0.05, 0) is 31.2 Å². The van der Waals surface area contributed by atoms with Crippen molar-refractivity contribution in [2.75, 3.05) is 39.8 Å². The summed E-state index contributed by atoms with van der Waals surface area (Å²) in [6.07, 6.45) is 0. The number of sulfonamides is 2. The van der Waals surface area contributed by atoms with E-state index < -0.39 is 20.0 Å². The van der Waals surface area contributed by atoms with E-state index in [0.29, 0.717) is 0 Å². The summed E-state index contributed by atoms with van der Waals surface area (Å²) in [6.45, 7) is 2.33. The Morgan fingerprint density at radius 1 is 0.867 bits per heavy atom. The first kappa shape index (κ1) is 22.4. The standard InChI is InChI=1S/C20H25N3O5S2/c1-17-8-10-19(11-9-17)30(27,28)23-14-12-22(13-15-23)20(24)16-21(2)29(25,26)18-6-4-3-5-7-18/h3-11H,12-16H2,1-2H3. The van der Waals surface area contributed by atoms with E-state index in [4.69, 9.17) is 0 Å². The summed E-state index contributed by atoms with van der Waals surface area (Å²) in [5.41, 5.74) is 0.971. The van der Waals surface area contributed by atoms with Gasteiger partial charge < -0.3 is 4.90 Å². The second-order valence-corrected chi connectivity index (χ2v) is 11.2. The molecule has 0 aromatic heterocycles. The van der Waals surface area contributed by atoms with E-state index >= 15 is 0 Å². The Bertz CT molecular complexity index is 1090. The molecule has 1 aliphatic heterocycles. The fourth-order valence-electron chi connectivity index (χ4n) is 3.19. The molecule has 2 aromatic carbocycles. The lowest BCUT2D eigenvalue weighted by Crippen LogP contribution is -2.52. The smallest absolute Gasteiger partial charge is 0.243 e. The molecule has 1 amide bonds. The number of piperazine rings is 1. The van der Waals surface area contributed by atoms with Gasteiger partial charge in [-0.25, -0.2) is 16.8 Å². The van der Waals surface area contributed by atoms with E-state index in [9.17, 15) is 21.6 Å². The maximum atomic E-state index is 12.8. The first-order valence-corrected chi connectivity index (χ1v) is 12.4. The van der Waals surface area contributed by atoms with Gasteiger partial charge in [0.15, 0.2) is 0 Å². The van der Waals surface area contributed by atoms with Gasteiger partial charge in [-0.1, -0.05) is 35.9 Å². The molecule has 1 saturated heterocycles. The van der Waals surface area contributed by atoms with Crippen LogP contribution in [0, 0.1) is 6.92 Å². The van der Waals surface area contributed by atoms with Crippen LogP contribution in [0.1, 0.15) is 5.56 Å². The lowest BCUT2D eigenvalue weighted by Gasteiger charge is -2.34. The molecule has 0 N–H and O–H groups in total.